The first kappa shape index (κ1) is 37.6. The van der Waals surface area contributed by atoms with E-state index in [1.807, 2.05) is 24.3 Å². The fourth-order valence-corrected chi connectivity index (χ4v) is 6.65. The molecule has 4 N–H and O–H groups in total. The van der Waals surface area contributed by atoms with Crippen LogP contribution in [0.25, 0.3) is 0 Å². The third kappa shape index (κ3) is 12.1. The van der Waals surface area contributed by atoms with E-state index in [-0.39, 0.29) is 16.0 Å². The average Bonchev–Trinajstić information content (AvgIpc) is 3.06. The van der Waals surface area contributed by atoms with Crippen LogP contribution in [0.1, 0.15) is 43.0 Å². The van der Waals surface area contributed by atoms with Gasteiger partial charge in [0.15, 0.2) is 0 Å². The molecule has 50 heavy (non-hydrogen) atoms. The van der Waals surface area contributed by atoms with E-state index in [1.54, 1.807) is 72.8 Å². The molecule has 0 amide bonds. The predicted octanol–water partition coefficient (Wildman–Crippen LogP) is 7.17. The summed E-state index contributed by atoms with van der Waals surface area (Å²) >= 11 is 5.81. The van der Waals surface area contributed by atoms with E-state index in [1.165, 1.54) is 24.3 Å². The van der Waals surface area contributed by atoms with E-state index < -0.39 is 32.0 Å². The molecule has 0 radical (unpaired) electrons. The number of carbonyl (C=O) groups is 2. The fourth-order valence-electron chi connectivity index (χ4n) is 4.92. The highest BCUT2D eigenvalue weighted by atomic mass is 35.5. The van der Waals surface area contributed by atoms with Gasteiger partial charge < -0.3 is 10.2 Å². The first-order valence-electron chi connectivity index (χ1n) is 15.3. The molecule has 260 valence electrons. The van der Waals surface area contributed by atoms with Crippen molar-refractivity contribution in [3.8, 4) is 0 Å². The summed E-state index contributed by atoms with van der Waals surface area (Å²) in [6.45, 7) is 0. The first-order valence-corrected chi connectivity index (χ1v) is 19.0. The van der Waals surface area contributed by atoms with Crippen LogP contribution in [0, 0.1) is 0 Å². The second kappa shape index (κ2) is 17.0. The summed E-state index contributed by atoms with van der Waals surface area (Å²) in [6.07, 6.45) is 3.79. The van der Waals surface area contributed by atoms with E-state index in [4.69, 9.17) is 21.8 Å². The highest BCUT2D eigenvalue weighted by Gasteiger charge is 2.14. The topological polar surface area (TPSA) is 167 Å². The lowest BCUT2D eigenvalue weighted by Crippen LogP contribution is -2.13. The summed E-state index contributed by atoms with van der Waals surface area (Å²) in [5, 5.41) is 18.5. The monoisotopic (exact) mass is 734 g/mol. The smallest absolute Gasteiger partial charge is 0.335 e. The molecule has 0 fully saturated rings. The Bertz CT molecular complexity index is 2190. The minimum atomic E-state index is -3.70. The lowest BCUT2D eigenvalue weighted by molar-refractivity contribution is 0.0686. The molecule has 0 aromatic heterocycles. The van der Waals surface area contributed by atoms with E-state index in [0.717, 1.165) is 28.5 Å². The van der Waals surface area contributed by atoms with Gasteiger partial charge in [-0.1, -0.05) is 60.1 Å². The average molecular weight is 735 g/mol. The zero-order valence-electron chi connectivity index (χ0n) is 26.9. The van der Waals surface area contributed by atoms with E-state index in [9.17, 15) is 26.4 Å². The molecule has 0 aliphatic carbocycles. The maximum absolute atomic E-state index is 12.5. The molecule has 0 heterocycles. The molecule has 5 aromatic rings. The van der Waals surface area contributed by atoms with Crippen molar-refractivity contribution < 1.29 is 36.6 Å². The third-order valence-electron chi connectivity index (χ3n) is 7.29. The molecule has 0 aliphatic rings. The zero-order valence-corrected chi connectivity index (χ0v) is 29.3. The summed E-state index contributed by atoms with van der Waals surface area (Å²) < 4.78 is 52.4. The molecule has 0 bridgehead atoms. The zero-order chi connectivity index (χ0) is 36.3. The number of sulfonamides is 2. The quantitative estimate of drug-likeness (QED) is 0.0988. The fraction of sp³-hybridized carbons (Fsp3) is 0.135. The number of carboxylic acid groups (broad SMARTS) is 2. The molecular weight excluding hydrogens is 700 g/mol. The molecule has 0 saturated carbocycles. The lowest BCUT2D eigenvalue weighted by atomic mass is 10.0. The Kier molecular flexibility index (Phi) is 12.8. The van der Waals surface area contributed by atoms with Crippen molar-refractivity contribution in [3.05, 3.63) is 160 Å². The second-order valence-corrected chi connectivity index (χ2v) is 15.2. The molecule has 0 atom stereocenters. The number of rotatable bonds is 13. The van der Waals surface area contributed by atoms with Crippen LogP contribution in [0.3, 0.4) is 0 Å². The van der Waals surface area contributed by atoms with Crippen molar-refractivity contribution >= 4 is 55.0 Å². The molecule has 10 nitrogen and oxygen atoms in total. The SMILES string of the molecule is CS(=O)(=O)Nc1cccc(CCc2cccc(C(=O)O)c2)c1.O=C(O)c1cccc(CCc2cccc(NS(=O)(=O)c3ccc(Cl)cc3)c2)c1. The van der Waals surface area contributed by atoms with Crippen molar-refractivity contribution in [1.82, 2.24) is 0 Å². The normalized spacial score (nSPS) is 11.2. The van der Waals surface area contributed by atoms with Crippen LogP contribution >= 0.6 is 11.6 Å². The number of hydrogen-bond acceptors (Lipinski definition) is 6. The summed E-state index contributed by atoms with van der Waals surface area (Å²) in [4.78, 5) is 22.1. The number of hydrogen-bond donors (Lipinski definition) is 4. The third-order valence-corrected chi connectivity index (χ3v) is 9.54. The Balaban J connectivity index is 0.000000232. The molecule has 0 aliphatic heterocycles. The lowest BCUT2D eigenvalue weighted by Gasteiger charge is -2.10. The van der Waals surface area contributed by atoms with Crippen molar-refractivity contribution in [2.24, 2.45) is 0 Å². The molecule has 13 heteroatoms. The van der Waals surface area contributed by atoms with Crippen LogP contribution in [0.4, 0.5) is 11.4 Å². The number of halogens is 1. The van der Waals surface area contributed by atoms with Crippen molar-refractivity contribution in [2.45, 2.75) is 30.6 Å². The molecule has 0 unspecified atom stereocenters. The summed E-state index contributed by atoms with van der Waals surface area (Å²) in [7, 11) is -6.99. The van der Waals surface area contributed by atoms with Gasteiger partial charge in [-0.25, -0.2) is 26.4 Å². The Morgan fingerprint density at radius 3 is 1.34 bits per heavy atom. The first-order chi connectivity index (χ1) is 23.7. The van der Waals surface area contributed by atoms with Gasteiger partial charge in [0.1, 0.15) is 0 Å². The summed E-state index contributed by atoms with van der Waals surface area (Å²) in [5.74, 6) is -1.90. The highest BCUT2D eigenvalue weighted by molar-refractivity contribution is 7.92. The Morgan fingerprint density at radius 1 is 0.560 bits per heavy atom. The Labute approximate surface area is 296 Å². The molecule has 5 aromatic carbocycles. The number of aryl methyl sites for hydroxylation is 4. The highest BCUT2D eigenvalue weighted by Crippen LogP contribution is 2.20. The molecule has 0 saturated heterocycles. The number of carboxylic acids is 2. The van der Waals surface area contributed by atoms with E-state index >= 15 is 0 Å². The van der Waals surface area contributed by atoms with Crippen LogP contribution in [0.15, 0.2) is 126 Å². The van der Waals surface area contributed by atoms with Crippen LogP contribution in [0.5, 0.6) is 0 Å². The van der Waals surface area contributed by atoms with Gasteiger partial charge in [0.2, 0.25) is 10.0 Å². The largest absolute Gasteiger partial charge is 0.478 e. The van der Waals surface area contributed by atoms with Gasteiger partial charge in [0, 0.05) is 16.4 Å². The van der Waals surface area contributed by atoms with Gasteiger partial charge in [0.05, 0.1) is 22.3 Å². The maximum Gasteiger partial charge on any atom is 0.335 e. The van der Waals surface area contributed by atoms with Gasteiger partial charge >= 0.3 is 11.9 Å². The van der Waals surface area contributed by atoms with Crippen molar-refractivity contribution in [1.29, 1.82) is 0 Å². The number of nitrogens with one attached hydrogen (secondary N) is 2. The minimum Gasteiger partial charge on any atom is -0.478 e. The second-order valence-electron chi connectivity index (χ2n) is 11.3. The standard InChI is InChI=1S/C21H18ClNO4S.C16H17NO4S/c22-18-9-11-20(12-10-18)28(26,27)23-19-6-2-4-16(14-19)8-7-15-3-1-5-17(13-15)21(24)25;1-22(20,21)17-15-7-3-5-13(11-15)9-8-12-4-2-6-14(10-12)16(18)19/h1-6,9-14,23H,7-8H2,(H,24,25);2-7,10-11,17H,8-9H2,1H3,(H,18,19). The predicted molar refractivity (Wildman–Crippen MR) is 195 cm³/mol. The van der Waals surface area contributed by atoms with Crippen LogP contribution in [-0.2, 0) is 45.7 Å². The van der Waals surface area contributed by atoms with Gasteiger partial charge in [-0.05, 0) is 121 Å². The van der Waals surface area contributed by atoms with E-state index in [2.05, 4.69) is 9.44 Å². The maximum atomic E-state index is 12.5. The number of anilines is 2. The Morgan fingerprint density at radius 2 is 0.940 bits per heavy atom. The summed E-state index contributed by atoms with van der Waals surface area (Å²) in [6, 6.07) is 33.9. The van der Waals surface area contributed by atoms with Gasteiger partial charge in [0.25, 0.3) is 10.0 Å². The van der Waals surface area contributed by atoms with Crippen molar-refractivity contribution in [2.75, 3.05) is 15.7 Å². The minimum absolute atomic E-state index is 0.132. The summed E-state index contributed by atoms with van der Waals surface area (Å²) in [5.41, 5.74) is 5.28. The van der Waals surface area contributed by atoms with Crippen LogP contribution < -0.4 is 9.44 Å². The van der Waals surface area contributed by atoms with Gasteiger partial charge in [-0.2, -0.15) is 0 Å². The van der Waals surface area contributed by atoms with Crippen LogP contribution in [0.2, 0.25) is 5.02 Å². The Hall–Kier alpha value is -5.17. The number of aromatic carboxylic acids is 2. The van der Waals surface area contributed by atoms with Gasteiger partial charge in [-0.15, -0.1) is 0 Å². The molecule has 0 spiro atoms. The van der Waals surface area contributed by atoms with Gasteiger partial charge in [-0.3, -0.25) is 9.44 Å². The van der Waals surface area contributed by atoms with E-state index in [0.29, 0.717) is 42.1 Å². The molecular formula is C37H35ClN2O8S2. The molecule has 5 rings (SSSR count). The van der Waals surface area contributed by atoms with Crippen LogP contribution in [-0.4, -0.2) is 45.2 Å². The van der Waals surface area contributed by atoms with Crippen molar-refractivity contribution in [3.63, 3.8) is 0 Å². The number of benzene rings is 5.